The second-order valence-corrected chi connectivity index (χ2v) is 8.27. The quantitative estimate of drug-likeness (QED) is 0.732. The Morgan fingerprint density at radius 1 is 1.22 bits per heavy atom. The zero-order valence-corrected chi connectivity index (χ0v) is 16.7. The van der Waals surface area contributed by atoms with Gasteiger partial charge < -0.3 is 19.6 Å². The van der Waals surface area contributed by atoms with Gasteiger partial charge in [-0.3, -0.25) is 14.5 Å². The predicted octanol–water partition coefficient (Wildman–Crippen LogP) is 0.279. The van der Waals surface area contributed by atoms with E-state index in [1.54, 1.807) is 9.80 Å². The van der Waals surface area contributed by atoms with Crippen LogP contribution in [0.25, 0.3) is 0 Å². The Balaban J connectivity index is 1.47. The number of halogens is 1. The Bertz CT molecular complexity index is 707. The summed E-state index contributed by atoms with van der Waals surface area (Å²) in [5.41, 5.74) is 1.09. The molecular weight excluding hydrogens is 414 g/mol. The van der Waals surface area contributed by atoms with E-state index in [1.165, 1.54) is 0 Å². The van der Waals surface area contributed by atoms with Gasteiger partial charge >= 0.3 is 0 Å². The number of hydrogen-bond acceptors (Lipinski definition) is 5. The molecule has 27 heavy (non-hydrogen) atoms. The molecule has 1 aromatic rings. The first-order chi connectivity index (χ1) is 13.1. The molecule has 7 nitrogen and oxygen atoms in total. The first-order valence-electron chi connectivity index (χ1n) is 9.34. The Labute approximate surface area is 167 Å². The fraction of sp³-hybridized carbons (Fsp3) is 0.579. The predicted molar refractivity (Wildman–Crippen MR) is 102 cm³/mol. The van der Waals surface area contributed by atoms with E-state index in [2.05, 4.69) is 20.8 Å². The summed E-state index contributed by atoms with van der Waals surface area (Å²) in [6.45, 7) is 3.67. The minimum Gasteiger partial charge on any atom is -0.394 e. The van der Waals surface area contributed by atoms with E-state index in [0.717, 1.165) is 23.1 Å². The van der Waals surface area contributed by atoms with Gasteiger partial charge in [0.05, 0.1) is 45.0 Å². The number of aliphatic hydroxyl groups excluding tert-OH is 1. The van der Waals surface area contributed by atoms with E-state index >= 15 is 0 Å². The monoisotopic (exact) mass is 437 g/mol. The summed E-state index contributed by atoms with van der Waals surface area (Å²) in [5.74, 6) is -0.0352. The maximum atomic E-state index is 12.7. The Morgan fingerprint density at radius 3 is 2.59 bits per heavy atom. The molecule has 0 bridgehead atoms. The highest BCUT2D eigenvalue weighted by Gasteiger charge is 2.54. The lowest BCUT2D eigenvalue weighted by molar-refractivity contribution is -0.167. The lowest BCUT2D eigenvalue weighted by atomic mass is 9.74. The number of piperazine rings is 1. The molecule has 146 valence electrons. The minimum absolute atomic E-state index is 0.00750. The number of amides is 2. The number of nitrogens with zero attached hydrogens (tertiary/aromatic N) is 3. The third-order valence-electron chi connectivity index (χ3n) is 5.82. The average molecular weight is 438 g/mol. The van der Waals surface area contributed by atoms with E-state index in [0.29, 0.717) is 26.3 Å². The largest absolute Gasteiger partial charge is 0.394 e. The van der Waals surface area contributed by atoms with Crippen molar-refractivity contribution in [1.82, 2.24) is 14.7 Å². The van der Waals surface area contributed by atoms with E-state index in [-0.39, 0.29) is 43.0 Å². The van der Waals surface area contributed by atoms with Crippen LogP contribution in [-0.2, 0) is 14.3 Å². The fourth-order valence-corrected chi connectivity index (χ4v) is 4.69. The van der Waals surface area contributed by atoms with Gasteiger partial charge in [0, 0.05) is 30.0 Å². The van der Waals surface area contributed by atoms with Crippen LogP contribution < -0.4 is 0 Å². The van der Waals surface area contributed by atoms with Gasteiger partial charge in [-0.2, -0.15) is 0 Å². The molecule has 0 radical (unpaired) electrons. The van der Waals surface area contributed by atoms with Crippen LogP contribution in [0.4, 0.5) is 0 Å². The third-order valence-corrected chi connectivity index (χ3v) is 6.35. The van der Waals surface area contributed by atoms with Crippen LogP contribution in [0.5, 0.6) is 0 Å². The lowest BCUT2D eigenvalue weighted by Gasteiger charge is -2.58. The summed E-state index contributed by atoms with van der Waals surface area (Å²) >= 11 is 3.44. The molecule has 4 rings (SSSR count). The molecule has 8 heteroatoms. The maximum absolute atomic E-state index is 12.7. The number of fused-ring (bicyclic) bond motifs is 1. The smallest absolute Gasteiger partial charge is 0.242 e. The summed E-state index contributed by atoms with van der Waals surface area (Å²) < 4.78 is 6.32. The van der Waals surface area contributed by atoms with Crippen LogP contribution in [0.1, 0.15) is 11.5 Å². The minimum atomic E-state index is -0.208. The molecule has 3 atom stereocenters. The average Bonchev–Trinajstić information content (AvgIpc) is 2.65. The third kappa shape index (κ3) is 3.63. The van der Waals surface area contributed by atoms with Crippen LogP contribution in [0.2, 0.25) is 0 Å². The van der Waals surface area contributed by atoms with Crippen molar-refractivity contribution in [1.29, 1.82) is 0 Å². The highest BCUT2D eigenvalue weighted by Crippen LogP contribution is 2.43. The van der Waals surface area contributed by atoms with Crippen molar-refractivity contribution in [2.24, 2.45) is 0 Å². The van der Waals surface area contributed by atoms with Gasteiger partial charge in [0.2, 0.25) is 11.8 Å². The number of hydrogen-bond donors (Lipinski definition) is 1. The molecular formula is C19H24BrN3O4. The number of aliphatic hydroxyl groups is 1. The molecule has 3 saturated heterocycles. The summed E-state index contributed by atoms with van der Waals surface area (Å²) in [4.78, 5) is 30.9. The Morgan fingerprint density at radius 2 is 1.93 bits per heavy atom. The zero-order valence-electron chi connectivity index (χ0n) is 15.1. The van der Waals surface area contributed by atoms with Gasteiger partial charge in [-0.25, -0.2) is 0 Å². The topological polar surface area (TPSA) is 73.3 Å². The second-order valence-electron chi connectivity index (χ2n) is 7.36. The summed E-state index contributed by atoms with van der Waals surface area (Å²) in [7, 11) is 0. The Kier molecular flexibility index (Phi) is 5.50. The van der Waals surface area contributed by atoms with Crippen molar-refractivity contribution in [3.8, 4) is 0 Å². The molecule has 3 fully saturated rings. The zero-order chi connectivity index (χ0) is 19.0. The van der Waals surface area contributed by atoms with Gasteiger partial charge in [0.15, 0.2) is 0 Å². The van der Waals surface area contributed by atoms with Crippen molar-refractivity contribution < 1.29 is 19.4 Å². The van der Waals surface area contributed by atoms with Crippen molar-refractivity contribution in [2.45, 2.75) is 18.0 Å². The number of carbonyl (C=O) groups is 2. The first-order valence-corrected chi connectivity index (χ1v) is 10.1. The standard InChI is InChI=1S/C19H24BrN3O4/c20-14-3-1-13(2-4-14)19-15-9-22(11-18(26)23(15)16(19)12-24)17(25)10-21-5-7-27-8-6-21/h1-4,15-16,19,24H,5-12H2/t15-,16-,19+/m0/s1. The first kappa shape index (κ1) is 18.9. The normalized spacial score (nSPS) is 28.7. The van der Waals surface area contributed by atoms with Crippen molar-refractivity contribution in [3.63, 3.8) is 0 Å². The molecule has 0 aliphatic carbocycles. The number of ether oxygens (including phenoxy) is 1. The van der Waals surface area contributed by atoms with Crippen LogP contribution in [0.3, 0.4) is 0 Å². The molecule has 0 spiro atoms. The van der Waals surface area contributed by atoms with Gasteiger partial charge in [0.25, 0.3) is 0 Å². The highest BCUT2D eigenvalue weighted by molar-refractivity contribution is 9.10. The van der Waals surface area contributed by atoms with Gasteiger partial charge in [-0.05, 0) is 17.7 Å². The molecule has 0 saturated carbocycles. The molecule has 3 heterocycles. The van der Waals surface area contributed by atoms with Crippen LogP contribution >= 0.6 is 15.9 Å². The number of benzene rings is 1. The summed E-state index contributed by atoms with van der Waals surface area (Å²) in [6.07, 6.45) is 0. The van der Waals surface area contributed by atoms with Crippen molar-refractivity contribution in [3.05, 3.63) is 34.3 Å². The van der Waals surface area contributed by atoms with E-state index in [4.69, 9.17) is 4.74 Å². The number of rotatable bonds is 4. The SMILES string of the molecule is O=C(CN1CCOCC1)N1CC(=O)N2[C@@H](CO)[C@H](c3ccc(Br)cc3)[C@@H]2C1. The Hall–Kier alpha value is -1.48. The lowest BCUT2D eigenvalue weighted by Crippen LogP contribution is -2.73. The van der Waals surface area contributed by atoms with Crippen LogP contribution in [0, 0.1) is 0 Å². The summed E-state index contributed by atoms with van der Waals surface area (Å²) in [5, 5.41) is 9.82. The molecule has 1 aromatic carbocycles. The van der Waals surface area contributed by atoms with E-state index in [1.807, 2.05) is 24.3 Å². The second kappa shape index (κ2) is 7.87. The maximum Gasteiger partial charge on any atom is 0.242 e. The van der Waals surface area contributed by atoms with E-state index in [9.17, 15) is 14.7 Å². The van der Waals surface area contributed by atoms with Crippen LogP contribution in [0.15, 0.2) is 28.7 Å². The van der Waals surface area contributed by atoms with Gasteiger partial charge in [0.1, 0.15) is 0 Å². The molecule has 2 amide bonds. The molecule has 3 aliphatic rings. The van der Waals surface area contributed by atoms with E-state index < -0.39 is 0 Å². The van der Waals surface area contributed by atoms with Gasteiger partial charge in [-0.1, -0.05) is 28.1 Å². The number of morpholine rings is 1. The summed E-state index contributed by atoms with van der Waals surface area (Å²) in [6, 6.07) is 7.71. The van der Waals surface area contributed by atoms with Crippen molar-refractivity contribution >= 4 is 27.7 Å². The van der Waals surface area contributed by atoms with Gasteiger partial charge in [-0.15, -0.1) is 0 Å². The van der Waals surface area contributed by atoms with Crippen LogP contribution in [-0.4, -0.2) is 96.2 Å². The van der Waals surface area contributed by atoms with Crippen molar-refractivity contribution in [2.75, 3.05) is 52.5 Å². The molecule has 0 aromatic heterocycles. The number of carbonyl (C=O) groups excluding carboxylic acids is 2. The molecule has 1 N–H and O–H groups in total. The highest BCUT2D eigenvalue weighted by atomic mass is 79.9. The fourth-order valence-electron chi connectivity index (χ4n) is 4.43. The molecule has 3 aliphatic heterocycles. The molecule has 0 unspecified atom stereocenters.